The van der Waals surface area contributed by atoms with Gasteiger partial charge >= 0.3 is 0 Å². The van der Waals surface area contributed by atoms with Crippen LogP contribution in [0.15, 0.2) is 0 Å². The van der Waals surface area contributed by atoms with Crippen LogP contribution in [0.3, 0.4) is 0 Å². The van der Waals surface area contributed by atoms with E-state index in [4.69, 9.17) is 5.21 Å². The van der Waals surface area contributed by atoms with Crippen molar-refractivity contribution in [2.75, 3.05) is 0 Å². The Morgan fingerprint density at radius 1 is 1.44 bits per heavy atom. The van der Waals surface area contributed by atoms with E-state index >= 15 is 0 Å². The van der Waals surface area contributed by atoms with Gasteiger partial charge < -0.3 is 5.32 Å². The van der Waals surface area contributed by atoms with E-state index in [9.17, 15) is 0 Å². The molecule has 0 aliphatic rings. The van der Waals surface area contributed by atoms with E-state index in [2.05, 4.69) is 17.5 Å². The smallest absolute Gasteiger partial charge is 0.190 e. The van der Waals surface area contributed by atoms with Crippen LogP contribution in [0.2, 0.25) is 0 Å². The van der Waals surface area contributed by atoms with E-state index in [1.54, 1.807) is 0 Å². The standard InChI is InChI=1S/C5H12N2OS/c1-5(2,3)6-4(9)7-8/h8H,1-3H3,(H2,6,7,9). The third kappa shape index (κ3) is 5.52. The van der Waals surface area contributed by atoms with Crippen LogP contribution in [0.25, 0.3) is 0 Å². The molecule has 0 rings (SSSR count). The predicted molar refractivity (Wildman–Crippen MR) is 40.4 cm³/mol. The Labute approximate surface area is 60.4 Å². The summed E-state index contributed by atoms with van der Waals surface area (Å²) in [5, 5.41) is 11.3. The Hall–Kier alpha value is -0.350. The van der Waals surface area contributed by atoms with E-state index in [0.29, 0.717) is 0 Å². The van der Waals surface area contributed by atoms with Crippen LogP contribution in [0, 0.1) is 0 Å². The first-order chi connectivity index (χ1) is 3.95. The van der Waals surface area contributed by atoms with Gasteiger partial charge in [-0.1, -0.05) is 0 Å². The van der Waals surface area contributed by atoms with Crippen molar-refractivity contribution in [2.45, 2.75) is 26.3 Å². The average Bonchev–Trinajstić information content (AvgIpc) is 1.62. The molecule has 0 aliphatic carbocycles. The molecule has 0 saturated carbocycles. The molecule has 0 heterocycles. The molecule has 3 nitrogen and oxygen atoms in total. The van der Waals surface area contributed by atoms with E-state index in [-0.39, 0.29) is 10.7 Å². The second-order valence-electron chi connectivity index (χ2n) is 2.82. The molecule has 0 amide bonds. The first-order valence-electron chi connectivity index (χ1n) is 2.68. The zero-order valence-corrected chi connectivity index (χ0v) is 6.67. The molecule has 4 heteroatoms. The summed E-state index contributed by atoms with van der Waals surface area (Å²) in [6.45, 7) is 5.86. The zero-order valence-electron chi connectivity index (χ0n) is 5.86. The lowest BCUT2D eigenvalue weighted by Gasteiger charge is -2.21. The molecule has 0 unspecified atom stereocenters. The van der Waals surface area contributed by atoms with Crippen molar-refractivity contribution in [1.29, 1.82) is 0 Å². The highest BCUT2D eigenvalue weighted by atomic mass is 32.1. The van der Waals surface area contributed by atoms with Gasteiger partial charge in [0, 0.05) is 5.54 Å². The molecule has 0 aliphatic heterocycles. The number of thiocarbonyl (C=S) groups is 1. The van der Waals surface area contributed by atoms with Crippen molar-refractivity contribution in [2.24, 2.45) is 0 Å². The Kier molecular flexibility index (Phi) is 2.87. The van der Waals surface area contributed by atoms with Gasteiger partial charge in [0.25, 0.3) is 0 Å². The number of nitrogens with one attached hydrogen (secondary N) is 2. The van der Waals surface area contributed by atoms with Gasteiger partial charge in [0.15, 0.2) is 5.11 Å². The second kappa shape index (κ2) is 2.98. The highest BCUT2D eigenvalue weighted by molar-refractivity contribution is 7.80. The normalized spacial score (nSPS) is 10.7. The summed E-state index contributed by atoms with van der Waals surface area (Å²) in [6.07, 6.45) is 0. The van der Waals surface area contributed by atoms with Gasteiger partial charge in [0.2, 0.25) is 0 Å². The molecule has 0 aromatic heterocycles. The molecule has 0 saturated heterocycles. The number of hydrogen-bond acceptors (Lipinski definition) is 2. The van der Waals surface area contributed by atoms with E-state index in [0.717, 1.165) is 0 Å². The summed E-state index contributed by atoms with van der Waals surface area (Å²) < 4.78 is 0. The minimum absolute atomic E-state index is 0.0905. The van der Waals surface area contributed by atoms with Crippen molar-refractivity contribution >= 4 is 17.3 Å². The van der Waals surface area contributed by atoms with E-state index < -0.39 is 0 Å². The van der Waals surface area contributed by atoms with Crippen molar-refractivity contribution in [3.63, 3.8) is 0 Å². The summed E-state index contributed by atoms with van der Waals surface area (Å²) in [6, 6.07) is 0. The maximum atomic E-state index is 8.24. The van der Waals surface area contributed by atoms with Crippen LogP contribution in [0.4, 0.5) is 0 Å². The van der Waals surface area contributed by atoms with E-state index in [1.165, 1.54) is 0 Å². The lowest BCUT2D eigenvalue weighted by molar-refractivity contribution is 0.229. The van der Waals surface area contributed by atoms with Crippen molar-refractivity contribution in [3.8, 4) is 0 Å². The highest BCUT2D eigenvalue weighted by Gasteiger charge is 2.09. The SMILES string of the molecule is CC(C)(C)NC(=S)NO. The molecule has 3 N–H and O–H groups in total. The summed E-state index contributed by atoms with van der Waals surface area (Å²) in [7, 11) is 0. The minimum atomic E-state index is -0.0905. The third-order valence-electron chi connectivity index (χ3n) is 0.590. The fraction of sp³-hybridized carbons (Fsp3) is 0.800. The van der Waals surface area contributed by atoms with Crippen LogP contribution < -0.4 is 10.8 Å². The third-order valence-corrected chi connectivity index (χ3v) is 0.783. The average molecular weight is 148 g/mol. The molecule has 0 aromatic rings. The predicted octanol–water partition coefficient (Wildman–Crippen LogP) is 0.638. The molecule has 9 heavy (non-hydrogen) atoms. The van der Waals surface area contributed by atoms with Crippen LogP contribution in [0.1, 0.15) is 20.8 Å². The monoisotopic (exact) mass is 148 g/mol. The van der Waals surface area contributed by atoms with Gasteiger partial charge in [-0.3, -0.25) is 5.21 Å². The quantitative estimate of drug-likeness (QED) is 0.348. The van der Waals surface area contributed by atoms with Crippen molar-refractivity contribution in [1.82, 2.24) is 10.8 Å². The van der Waals surface area contributed by atoms with Gasteiger partial charge in [-0.15, -0.1) is 0 Å². The first-order valence-corrected chi connectivity index (χ1v) is 3.09. The summed E-state index contributed by atoms with van der Waals surface area (Å²) in [4.78, 5) is 0. The largest absolute Gasteiger partial charge is 0.356 e. The Morgan fingerprint density at radius 3 is 2.00 bits per heavy atom. The fourth-order valence-corrected chi connectivity index (χ4v) is 0.675. The van der Waals surface area contributed by atoms with Crippen molar-refractivity contribution < 1.29 is 5.21 Å². The summed E-state index contributed by atoms with van der Waals surface area (Å²) in [5.41, 5.74) is 1.75. The molecule has 0 bridgehead atoms. The number of hydrogen-bond donors (Lipinski definition) is 3. The lowest BCUT2D eigenvalue weighted by atomic mass is 10.1. The Morgan fingerprint density at radius 2 is 1.89 bits per heavy atom. The van der Waals surface area contributed by atoms with Gasteiger partial charge in [-0.05, 0) is 33.0 Å². The molecule has 0 radical (unpaired) electrons. The zero-order chi connectivity index (χ0) is 7.49. The molecule has 0 atom stereocenters. The van der Waals surface area contributed by atoms with Crippen LogP contribution in [-0.2, 0) is 0 Å². The van der Waals surface area contributed by atoms with Gasteiger partial charge in [0.1, 0.15) is 0 Å². The highest BCUT2D eigenvalue weighted by Crippen LogP contribution is 1.96. The van der Waals surface area contributed by atoms with Crippen LogP contribution >= 0.6 is 12.2 Å². The molecule has 0 spiro atoms. The Balaban J connectivity index is 3.60. The van der Waals surface area contributed by atoms with Crippen molar-refractivity contribution in [3.05, 3.63) is 0 Å². The first kappa shape index (κ1) is 8.65. The second-order valence-corrected chi connectivity index (χ2v) is 3.22. The lowest BCUT2D eigenvalue weighted by Crippen LogP contribution is -2.45. The molecule has 0 fully saturated rings. The van der Waals surface area contributed by atoms with E-state index in [1.807, 2.05) is 26.3 Å². The molecular formula is C5H12N2OS. The van der Waals surface area contributed by atoms with Gasteiger partial charge in [0.05, 0.1) is 0 Å². The summed E-state index contributed by atoms with van der Waals surface area (Å²) >= 11 is 4.63. The van der Waals surface area contributed by atoms with Crippen LogP contribution in [0.5, 0.6) is 0 Å². The fourth-order valence-electron chi connectivity index (χ4n) is 0.369. The number of rotatable bonds is 0. The molecular weight excluding hydrogens is 136 g/mol. The van der Waals surface area contributed by atoms with Gasteiger partial charge in [-0.25, -0.2) is 5.48 Å². The summed E-state index contributed by atoms with van der Waals surface area (Å²) in [5.74, 6) is 0. The van der Waals surface area contributed by atoms with Gasteiger partial charge in [-0.2, -0.15) is 0 Å². The Bertz CT molecular complexity index is 108. The topological polar surface area (TPSA) is 44.3 Å². The maximum Gasteiger partial charge on any atom is 0.190 e. The molecule has 54 valence electrons. The molecule has 0 aromatic carbocycles. The minimum Gasteiger partial charge on any atom is -0.356 e. The van der Waals surface area contributed by atoms with Crippen LogP contribution in [-0.4, -0.2) is 15.9 Å². The maximum absolute atomic E-state index is 8.24. The number of hydroxylamine groups is 1.